The fraction of sp³-hybridized carbons (Fsp3) is 0.368. The van der Waals surface area contributed by atoms with E-state index in [0.717, 1.165) is 31.5 Å². The number of phenolic OH excluding ortho intramolecular Hbond substituents is 2. The average molecular weight is 295 g/mol. The van der Waals surface area contributed by atoms with Crippen LogP contribution in [0.4, 0.5) is 0 Å². The third-order valence-electron chi connectivity index (χ3n) is 5.17. The molecule has 1 heterocycles. The summed E-state index contributed by atoms with van der Waals surface area (Å²) >= 11 is 0. The van der Waals surface area contributed by atoms with Crippen LogP contribution in [0.15, 0.2) is 30.3 Å². The standard InChI is InChI=1S/C19H21NO2/c1-11-3-2-4-12(7-11)16-10-20-9-13-5-6-14-18(13)15(16)8-17(21)19(14)22/h2-4,7-8,13,16,20-22H,5-6,9-10H2,1H3/t13-,16-/m1/s1. The Morgan fingerprint density at radius 1 is 1.14 bits per heavy atom. The van der Waals surface area contributed by atoms with Gasteiger partial charge in [-0.1, -0.05) is 29.8 Å². The van der Waals surface area contributed by atoms with Gasteiger partial charge in [0.1, 0.15) is 0 Å². The van der Waals surface area contributed by atoms with Gasteiger partial charge in [0.15, 0.2) is 11.5 Å². The molecular formula is C19H21NO2. The maximum atomic E-state index is 10.2. The zero-order valence-corrected chi connectivity index (χ0v) is 12.8. The normalized spacial score (nSPS) is 23.1. The fourth-order valence-corrected chi connectivity index (χ4v) is 4.14. The smallest absolute Gasteiger partial charge is 0.160 e. The quantitative estimate of drug-likeness (QED) is 0.708. The van der Waals surface area contributed by atoms with Gasteiger partial charge in [-0.3, -0.25) is 0 Å². The van der Waals surface area contributed by atoms with Gasteiger partial charge >= 0.3 is 0 Å². The first-order valence-electron chi connectivity index (χ1n) is 8.00. The summed E-state index contributed by atoms with van der Waals surface area (Å²) in [5, 5.41) is 23.9. The Kier molecular flexibility index (Phi) is 3.12. The van der Waals surface area contributed by atoms with Gasteiger partial charge < -0.3 is 15.5 Å². The average Bonchev–Trinajstić information content (AvgIpc) is 2.84. The number of benzene rings is 2. The van der Waals surface area contributed by atoms with E-state index < -0.39 is 0 Å². The van der Waals surface area contributed by atoms with Crippen LogP contribution in [0.25, 0.3) is 0 Å². The van der Waals surface area contributed by atoms with Crippen LogP contribution in [0.5, 0.6) is 11.5 Å². The molecule has 4 rings (SSSR count). The van der Waals surface area contributed by atoms with Crippen molar-refractivity contribution in [2.75, 3.05) is 13.1 Å². The zero-order valence-electron chi connectivity index (χ0n) is 12.8. The molecule has 0 bridgehead atoms. The van der Waals surface area contributed by atoms with Crippen molar-refractivity contribution in [2.24, 2.45) is 0 Å². The Balaban J connectivity index is 1.92. The van der Waals surface area contributed by atoms with Crippen molar-refractivity contribution in [2.45, 2.75) is 31.6 Å². The summed E-state index contributed by atoms with van der Waals surface area (Å²) in [6, 6.07) is 10.4. The van der Waals surface area contributed by atoms with Crippen LogP contribution in [0.2, 0.25) is 0 Å². The minimum atomic E-state index is 0.0222. The van der Waals surface area contributed by atoms with E-state index in [9.17, 15) is 10.2 Å². The molecular weight excluding hydrogens is 274 g/mol. The monoisotopic (exact) mass is 295 g/mol. The molecule has 0 unspecified atom stereocenters. The van der Waals surface area contributed by atoms with E-state index in [1.54, 1.807) is 6.07 Å². The molecule has 0 aromatic heterocycles. The lowest BCUT2D eigenvalue weighted by Gasteiger charge is -2.21. The van der Waals surface area contributed by atoms with Crippen LogP contribution >= 0.6 is 0 Å². The van der Waals surface area contributed by atoms with Crippen molar-refractivity contribution in [1.82, 2.24) is 5.32 Å². The number of aromatic hydroxyl groups is 2. The van der Waals surface area contributed by atoms with Gasteiger partial charge in [-0.25, -0.2) is 0 Å². The first kappa shape index (κ1) is 13.6. The van der Waals surface area contributed by atoms with E-state index in [-0.39, 0.29) is 17.4 Å². The summed E-state index contributed by atoms with van der Waals surface area (Å²) in [5.41, 5.74) is 5.93. The van der Waals surface area contributed by atoms with Crippen molar-refractivity contribution >= 4 is 0 Å². The molecule has 2 aromatic rings. The van der Waals surface area contributed by atoms with E-state index in [2.05, 4.69) is 36.5 Å². The molecule has 2 aliphatic rings. The third-order valence-corrected chi connectivity index (χ3v) is 5.17. The molecule has 0 saturated carbocycles. The Morgan fingerprint density at radius 2 is 2.00 bits per heavy atom. The Morgan fingerprint density at radius 3 is 2.82 bits per heavy atom. The van der Waals surface area contributed by atoms with Crippen LogP contribution in [-0.2, 0) is 6.42 Å². The molecule has 0 saturated heterocycles. The van der Waals surface area contributed by atoms with Crippen molar-refractivity contribution in [3.8, 4) is 11.5 Å². The maximum Gasteiger partial charge on any atom is 0.160 e. The number of hydrogen-bond acceptors (Lipinski definition) is 3. The summed E-state index contributed by atoms with van der Waals surface area (Å²) in [5.74, 6) is 0.787. The molecule has 3 N–H and O–H groups in total. The van der Waals surface area contributed by atoms with E-state index in [0.29, 0.717) is 5.92 Å². The molecule has 2 aromatic carbocycles. The Hall–Kier alpha value is -2.00. The van der Waals surface area contributed by atoms with E-state index >= 15 is 0 Å². The topological polar surface area (TPSA) is 52.5 Å². The lowest BCUT2D eigenvalue weighted by Crippen LogP contribution is -2.22. The summed E-state index contributed by atoms with van der Waals surface area (Å²) in [6.07, 6.45) is 1.91. The van der Waals surface area contributed by atoms with Gasteiger partial charge in [-0.2, -0.15) is 0 Å². The molecule has 3 heteroatoms. The molecule has 1 aliphatic heterocycles. The minimum Gasteiger partial charge on any atom is -0.504 e. The number of nitrogens with one attached hydrogen (secondary N) is 1. The number of hydrogen-bond donors (Lipinski definition) is 3. The van der Waals surface area contributed by atoms with Gasteiger partial charge in [-0.15, -0.1) is 0 Å². The van der Waals surface area contributed by atoms with Gasteiger partial charge in [0, 0.05) is 24.6 Å². The number of rotatable bonds is 1. The molecule has 22 heavy (non-hydrogen) atoms. The fourth-order valence-electron chi connectivity index (χ4n) is 4.14. The van der Waals surface area contributed by atoms with Gasteiger partial charge in [0.05, 0.1) is 0 Å². The molecule has 0 amide bonds. The Labute approximate surface area is 130 Å². The lowest BCUT2D eigenvalue weighted by atomic mass is 9.84. The minimum absolute atomic E-state index is 0.0222. The second-order valence-electron chi connectivity index (χ2n) is 6.59. The number of phenols is 2. The zero-order chi connectivity index (χ0) is 15.3. The highest BCUT2D eigenvalue weighted by Gasteiger charge is 2.34. The predicted molar refractivity (Wildman–Crippen MR) is 86.7 cm³/mol. The molecule has 0 spiro atoms. The van der Waals surface area contributed by atoms with Gasteiger partial charge in [0.25, 0.3) is 0 Å². The van der Waals surface area contributed by atoms with Crippen LogP contribution in [-0.4, -0.2) is 23.3 Å². The first-order chi connectivity index (χ1) is 10.6. The van der Waals surface area contributed by atoms with Crippen molar-refractivity contribution in [3.63, 3.8) is 0 Å². The molecule has 0 fully saturated rings. The van der Waals surface area contributed by atoms with Crippen molar-refractivity contribution in [1.29, 1.82) is 0 Å². The first-order valence-corrected chi connectivity index (χ1v) is 8.00. The summed E-state index contributed by atoms with van der Waals surface area (Å²) in [4.78, 5) is 0. The molecule has 1 aliphatic carbocycles. The molecule has 3 nitrogen and oxygen atoms in total. The van der Waals surface area contributed by atoms with Crippen LogP contribution in [0.1, 0.15) is 46.1 Å². The molecule has 0 radical (unpaired) electrons. The van der Waals surface area contributed by atoms with E-state index in [1.807, 2.05) is 0 Å². The van der Waals surface area contributed by atoms with Gasteiger partial charge in [0.2, 0.25) is 0 Å². The van der Waals surface area contributed by atoms with Crippen LogP contribution in [0, 0.1) is 6.92 Å². The highest BCUT2D eigenvalue weighted by molar-refractivity contribution is 5.59. The summed E-state index contributed by atoms with van der Waals surface area (Å²) < 4.78 is 0. The van der Waals surface area contributed by atoms with Crippen LogP contribution in [0.3, 0.4) is 0 Å². The van der Waals surface area contributed by atoms with E-state index in [1.165, 1.54) is 22.3 Å². The summed E-state index contributed by atoms with van der Waals surface area (Å²) in [7, 11) is 0. The number of aryl methyl sites for hydroxylation is 1. The second-order valence-corrected chi connectivity index (χ2v) is 6.59. The predicted octanol–water partition coefficient (Wildman–Crippen LogP) is 3.17. The second kappa shape index (κ2) is 5.03. The highest BCUT2D eigenvalue weighted by atomic mass is 16.3. The molecule has 2 atom stereocenters. The maximum absolute atomic E-state index is 10.2. The molecule has 114 valence electrons. The van der Waals surface area contributed by atoms with Crippen molar-refractivity contribution in [3.05, 3.63) is 58.1 Å². The highest BCUT2D eigenvalue weighted by Crippen LogP contribution is 2.48. The lowest BCUT2D eigenvalue weighted by molar-refractivity contribution is 0.399. The van der Waals surface area contributed by atoms with E-state index in [4.69, 9.17) is 0 Å². The van der Waals surface area contributed by atoms with Crippen molar-refractivity contribution < 1.29 is 10.2 Å². The Bertz CT molecular complexity index is 738. The van der Waals surface area contributed by atoms with Gasteiger partial charge in [-0.05, 0) is 48.4 Å². The summed E-state index contributed by atoms with van der Waals surface area (Å²) in [6.45, 7) is 3.93. The van der Waals surface area contributed by atoms with Crippen LogP contribution < -0.4 is 5.32 Å². The SMILES string of the molecule is Cc1cccc([C@H]2CNC[C@H]3CCc4c(O)c(O)cc2c43)c1. The largest absolute Gasteiger partial charge is 0.504 e. The third kappa shape index (κ3) is 2.00.